The molecule has 17 nitrogen and oxygen atoms in total. The van der Waals surface area contributed by atoms with Gasteiger partial charge in [0.1, 0.15) is 35.9 Å². The van der Waals surface area contributed by atoms with Gasteiger partial charge in [0, 0.05) is 18.2 Å². The fraction of sp³-hybridized carbons (Fsp3) is 0.406. The van der Waals surface area contributed by atoms with E-state index in [9.17, 15) is 48.9 Å². The van der Waals surface area contributed by atoms with Gasteiger partial charge < -0.3 is 56.9 Å². The molecular weight excluding hydrogens is 642 g/mol. The van der Waals surface area contributed by atoms with E-state index in [1.165, 1.54) is 38.4 Å². The highest BCUT2D eigenvalue weighted by atomic mass is 16.3. The van der Waals surface area contributed by atoms with Crippen molar-refractivity contribution in [1.82, 2.24) is 36.8 Å². The molecule has 6 amide bonds. The monoisotopic (exact) mass is 683 g/mol. The molecule has 3 atom stereocenters. The summed E-state index contributed by atoms with van der Waals surface area (Å²) in [7, 11) is 2.74. The van der Waals surface area contributed by atoms with E-state index < -0.39 is 79.8 Å². The van der Waals surface area contributed by atoms with Gasteiger partial charge in [0.15, 0.2) is 0 Å². The van der Waals surface area contributed by atoms with Gasteiger partial charge >= 0.3 is 0 Å². The van der Waals surface area contributed by atoms with Crippen molar-refractivity contribution < 1.29 is 48.9 Å². The number of likely N-dealkylation sites (N-methyl/N-ethyl adjacent to an activating group) is 2. The summed E-state index contributed by atoms with van der Waals surface area (Å²) in [6.07, 6.45) is 1.51. The number of carbonyl (C=O) groups excluding carboxylic acids is 7. The van der Waals surface area contributed by atoms with Crippen LogP contribution in [0.3, 0.4) is 0 Å². The highest BCUT2D eigenvalue weighted by Crippen LogP contribution is 2.38. The molecule has 0 aromatic heterocycles. The average molecular weight is 684 g/mol. The number of aliphatic hydroxyl groups is 1. The molecule has 264 valence electrons. The smallest absolute Gasteiger partial charge is 0.247 e. The summed E-state index contributed by atoms with van der Waals surface area (Å²) in [5.74, 6) is -4.64. The van der Waals surface area contributed by atoms with Gasteiger partial charge in [-0.1, -0.05) is 12.1 Å². The lowest BCUT2D eigenvalue weighted by molar-refractivity contribution is -0.140. The predicted octanol–water partition coefficient (Wildman–Crippen LogP) is -2.67. The molecule has 1 aliphatic rings. The summed E-state index contributed by atoms with van der Waals surface area (Å²) in [5, 5.41) is 45.4. The molecule has 0 radical (unpaired) electrons. The minimum atomic E-state index is -1.41. The Morgan fingerprint density at radius 3 is 2.37 bits per heavy atom. The van der Waals surface area contributed by atoms with Gasteiger partial charge in [-0.25, -0.2) is 0 Å². The fourth-order valence-electron chi connectivity index (χ4n) is 5.10. The third-order valence-corrected chi connectivity index (χ3v) is 7.82. The van der Waals surface area contributed by atoms with Crippen LogP contribution in [-0.2, 0) is 40.0 Å². The van der Waals surface area contributed by atoms with Crippen molar-refractivity contribution in [3.8, 4) is 22.6 Å². The number of carbonyl (C=O) groups is 7. The maximum Gasteiger partial charge on any atom is 0.247 e. The van der Waals surface area contributed by atoms with Crippen molar-refractivity contribution >= 4 is 41.7 Å². The van der Waals surface area contributed by atoms with Crippen molar-refractivity contribution in [3.63, 3.8) is 0 Å². The van der Waals surface area contributed by atoms with Crippen molar-refractivity contribution in [3.05, 3.63) is 47.5 Å². The van der Waals surface area contributed by atoms with E-state index in [0.29, 0.717) is 19.1 Å². The number of fused-ring (bicyclic) bond motifs is 5. The average Bonchev–Trinajstić information content (AvgIpc) is 3.08. The van der Waals surface area contributed by atoms with Crippen LogP contribution in [0.5, 0.6) is 11.5 Å². The number of aryl methyl sites for hydroxylation is 1. The standard InChI is InChI=1S/C32H41N7O10/c1-33-23(17-41)31(48)36-14-26(44)35-16-28(46)39(2)29-19-7-9-25(43)21(13-19)20-12-18(6-8-24(20)42)4-3-5-22(30(47)34-10-11-40)38-27(45)15-37-32(29)49/h6-9,11-13,22-23,29,33,41-43H,3-5,10,14-17H2,1-2H3,(H,34,47)(H,35,44)(H,36,48)(H,37,49)(H,38,45). The van der Waals surface area contributed by atoms with E-state index in [4.69, 9.17) is 0 Å². The molecule has 49 heavy (non-hydrogen) atoms. The molecule has 2 aromatic carbocycles. The highest BCUT2D eigenvalue weighted by molar-refractivity contribution is 5.95. The molecule has 4 bridgehead atoms. The first kappa shape index (κ1) is 37.9. The minimum absolute atomic E-state index is 0.151. The van der Waals surface area contributed by atoms with Gasteiger partial charge in [-0.05, 0) is 61.7 Å². The number of nitrogens with one attached hydrogen (secondary N) is 6. The summed E-state index contributed by atoms with van der Waals surface area (Å²) in [6.45, 7) is -2.43. The number of hydrogen-bond acceptors (Lipinski definition) is 11. The minimum Gasteiger partial charge on any atom is -0.507 e. The number of aldehydes is 1. The van der Waals surface area contributed by atoms with Crippen LogP contribution in [-0.4, -0.2) is 121 Å². The van der Waals surface area contributed by atoms with Gasteiger partial charge in [0.05, 0.1) is 32.8 Å². The third-order valence-electron chi connectivity index (χ3n) is 7.82. The summed E-state index contributed by atoms with van der Waals surface area (Å²) in [4.78, 5) is 88.7. The number of aromatic hydroxyl groups is 2. The largest absolute Gasteiger partial charge is 0.507 e. The second-order valence-corrected chi connectivity index (χ2v) is 11.2. The first-order chi connectivity index (χ1) is 23.4. The summed E-state index contributed by atoms with van der Waals surface area (Å²) in [6, 6.07) is 5.46. The Balaban J connectivity index is 1.92. The Morgan fingerprint density at radius 2 is 1.69 bits per heavy atom. The van der Waals surface area contributed by atoms with E-state index in [1.807, 2.05) is 0 Å². The second kappa shape index (κ2) is 18.1. The van der Waals surface area contributed by atoms with Crippen LogP contribution in [0.25, 0.3) is 11.1 Å². The lowest BCUT2D eigenvalue weighted by Crippen LogP contribution is -2.51. The molecule has 0 saturated carbocycles. The Morgan fingerprint density at radius 1 is 1.00 bits per heavy atom. The van der Waals surface area contributed by atoms with Crippen LogP contribution in [0.1, 0.15) is 30.0 Å². The number of phenolic OH excluding ortho intramolecular Hbond substituents is 2. The van der Waals surface area contributed by atoms with E-state index in [-0.39, 0.29) is 41.2 Å². The lowest BCUT2D eigenvalue weighted by atomic mass is 9.94. The summed E-state index contributed by atoms with van der Waals surface area (Å²) >= 11 is 0. The quantitative estimate of drug-likeness (QED) is 0.110. The van der Waals surface area contributed by atoms with Gasteiger partial charge in [-0.2, -0.15) is 0 Å². The van der Waals surface area contributed by atoms with Gasteiger partial charge in [-0.15, -0.1) is 0 Å². The Hall–Kier alpha value is -5.55. The Kier molecular flexibility index (Phi) is 14.0. The molecule has 1 heterocycles. The molecule has 0 fully saturated rings. The van der Waals surface area contributed by atoms with Crippen LogP contribution >= 0.6 is 0 Å². The number of aliphatic hydroxyl groups excluding tert-OH is 1. The number of benzene rings is 2. The third kappa shape index (κ3) is 10.5. The molecule has 0 aliphatic carbocycles. The number of amides is 6. The van der Waals surface area contributed by atoms with Gasteiger partial charge in [-0.3, -0.25) is 28.8 Å². The van der Waals surface area contributed by atoms with Crippen molar-refractivity contribution in [1.29, 1.82) is 0 Å². The number of rotatable bonds is 11. The predicted molar refractivity (Wildman–Crippen MR) is 174 cm³/mol. The van der Waals surface area contributed by atoms with E-state index in [1.54, 1.807) is 12.1 Å². The highest BCUT2D eigenvalue weighted by Gasteiger charge is 2.31. The molecule has 9 N–H and O–H groups in total. The topological polar surface area (TPSA) is 256 Å². The number of nitrogens with zero attached hydrogens (tertiary/aromatic N) is 1. The second-order valence-electron chi connectivity index (χ2n) is 11.2. The van der Waals surface area contributed by atoms with Crippen LogP contribution in [0.15, 0.2) is 36.4 Å². The number of hydrogen-bond donors (Lipinski definition) is 9. The van der Waals surface area contributed by atoms with Crippen molar-refractivity contribution in [2.45, 2.75) is 37.4 Å². The first-order valence-corrected chi connectivity index (χ1v) is 15.4. The fourth-order valence-corrected chi connectivity index (χ4v) is 5.10. The van der Waals surface area contributed by atoms with Crippen molar-refractivity contribution in [2.75, 3.05) is 46.9 Å². The molecule has 17 heteroatoms. The summed E-state index contributed by atoms with van der Waals surface area (Å²) in [5.41, 5.74) is 1.31. The summed E-state index contributed by atoms with van der Waals surface area (Å²) < 4.78 is 0. The molecule has 0 spiro atoms. The van der Waals surface area contributed by atoms with Crippen molar-refractivity contribution in [2.24, 2.45) is 0 Å². The molecule has 2 aromatic rings. The molecule has 3 rings (SSSR count). The van der Waals surface area contributed by atoms with Crippen LogP contribution in [0.2, 0.25) is 0 Å². The molecule has 3 unspecified atom stereocenters. The van der Waals surface area contributed by atoms with Crippen LogP contribution in [0.4, 0.5) is 0 Å². The maximum absolute atomic E-state index is 13.6. The SMILES string of the molecule is CNC(CO)C(=O)NCC(=O)NCC(=O)N(C)C1C(=O)NCC(=O)NC(C(=O)NCC=O)CCCc2ccc(O)c(c2)-c2cc1ccc2O. The molecule has 0 saturated heterocycles. The van der Waals surface area contributed by atoms with Crippen LogP contribution in [0, 0.1) is 0 Å². The zero-order valence-electron chi connectivity index (χ0n) is 27.1. The van der Waals surface area contributed by atoms with Gasteiger partial charge in [0.2, 0.25) is 35.4 Å². The van der Waals surface area contributed by atoms with Crippen LogP contribution < -0.4 is 31.9 Å². The van der Waals surface area contributed by atoms with Gasteiger partial charge in [0.25, 0.3) is 0 Å². The zero-order chi connectivity index (χ0) is 36.1. The first-order valence-electron chi connectivity index (χ1n) is 15.4. The van der Waals surface area contributed by atoms with E-state index in [0.717, 1.165) is 10.5 Å². The number of phenols is 2. The Bertz CT molecular complexity index is 1560. The lowest BCUT2D eigenvalue weighted by Gasteiger charge is -2.28. The maximum atomic E-state index is 13.6. The molecule has 1 aliphatic heterocycles. The Labute approximate surface area is 281 Å². The van der Waals surface area contributed by atoms with E-state index in [2.05, 4.69) is 31.9 Å². The molecular formula is C32H41N7O10. The normalized spacial score (nSPS) is 17.0. The van der Waals surface area contributed by atoms with E-state index >= 15 is 0 Å². The zero-order valence-corrected chi connectivity index (χ0v) is 27.1.